The maximum Gasteiger partial charge on any atom is 0.231 e. The van der Waals surface area contributed by atoms with Crippen molar-refractivity contribution in [1.82, 2.24) is 5.32 Å². The molecular formula is C12H13NO2. The van der Waals surface area contributed by atoms with Gasteiger partial charge in [0, 0.05) is 12.1 Å². The summed E-state index contributed by atoms with van der Waals surface area (Å²) in [5.41, 5.74) is 2.54. The van der Waals surface area contributed by atoms with Gasteiger partial charge in [-0.25, -0.2) is 0 Å². The van der Waals surface area contributed by atoms with E-state index in [0.717, 1.165) is 31.0 Å². The minimum atomic E-state index is 0.345. The molecule has 1 N–H and O–H groups in total. The quantitative estimate of drug-likeness (QED) is 0.754. The molecule has 2 aliphatic heterocycles. The van der Waals surface area contributed by atoms with Gasteiger partial charge in [0.05, 0.1) is 0 Å². The van der Waals surface area contributed by atoms with Crippen molar-refractivity contribution in [3.05, 3.63) is 29.8 Å². The molecule has 3 heteroatoms. The van der Waals surface area contributed by atoms with Crippen LogP contribution in [0.15, 0.2) is 24.3 Å². The highest BCUT2D eigenvalue weighted by atomic mass is 16.7. The minimum absolute atomic E-state index is 0.345. The smallest absolute Gasteiger partial charge is 0.231 e. The molecule has 78 valence electrons. The van der Waals surface area contributed by atoms with Gasteiger partial charge in [0.2, 0.25) is 6.79 Å². The van der Waals surface area contributed by atoms with Gasteiger partial charge in [0.25, 0.3) is 0 Å². The van der Waals surface area contributed by atoms with Crippen molar-refractivity contribution in [3.63, 3.8) is 0 Å². The van der Waals surface area contributed by atoms with Gasteiger partial charge in [0.15, 0.2) is 11.5 Å². The summed E-state index contributed by atoms with van der Waals surface area (Å²) in [5.74, 6) is 1.78. The minimum Gasteiger partial charge on any atom is -0.454 e. The fraction of sp³-hybridized carbons (Fsp3) is 0.333. The van der Waals surface area contributed by atoms with E-state index in [0.29, 0.717) is 6.79 Å². The second-order valence-corrected chi connectivity index (χ2v) is 3.72. The molecule has 3 nitrogen and oxygen atoms in total. The summed E-state index contributed by atoms with van der Waals surface area (Å²) < 4.78 is 10.9. The summed E-state index contributed by atoms with van der Waals surface area (Å²) in [5, 5.41) is 3.30. The molecule has 0 saturated heterocycles. The first-order valence-electron chi connectivity index (χ1n) is 5.24. The van der Waals surface area contributed by atoms with Crippen LogP contribution in [-0.2, 0) is 0 Å². The average Bonchev–Trinajstić information content (AvgIpc) is 2.78. The Morgan fingerprint density at radius 3 is 3.07 bits per heavy atom. The molecule has 0 radical (unpaired) electrons. The third-order valence-corrected chi connectivity index (χ3v) is 2.81. The van der Waals surface area contributed by atoms with E-state index < -0.39 is 0 Å². The SMILES string of the molecule is C1=C(c2cccc3c2OCO3)CCNC1. The van der Waals surface area contributed by atoms with Crippen LogP contribution in [-0.4, -0.2) is 19.9 Å². The molecule has 3 rings (SSSR count). The van der Waals surface area contributed by atoms with Crippen molar-refractivity contribution < 1.29 is 9.47 Å². The van der Waals surface area contributed by atoms with Crippen molar-refractivity contribution >= 4 is 5.57 Å². The van der Waals surface area contributed by atoms with Crippen LogP contribution < -0.4 is 14.8 Å². The number of nitrogens with one attached hydrogen (secondary N) is 1. The Hall–Kier alpha value is -1.48. The molecule has 2 heterocycles. The van der Waals surface area contributed by atoms with Crippen LogP contribution >= 0.6 is 0 Å². The van der Waals surface area contributed by atoms with Gasteiger partial charge in [-0.2, -0.15) is 0 Å². The van der Waals surface area contributed by atoms with Gasteiger partial charge in [0.1, 0.15) is 0 Å². The maximum absolute atomic E-state index is 5.50. The first kappa shape index (κ1) is 8.80. The van der Waals surface area contributed by atoms with Crippen LogP contribution in [0.3, 0.4) is 0 Å². The zero-order chi connectivity index (χ0) is 10.1. The third kappa shape index (κ3) is 1.49. The van der Waals surface area contributed by atoms with Gasteiger partial charge in [-0.3, -0.25) is 0 Å². The molecule has 0 saturated carbocycles. The molecule has 0 fully saturated rings. The number of fused-ring (bicyclic) bond motifs is 1. The Morgan fingerprint density at radius 1 is 1.20 bits per heavy atom. The number of para-hydroxylation sites is 1. The summed E-state index contributed by atoms with van der Waals surface area (Å²) in [6.45, 7) is 2.33. The Bertz CT molecular complexity index is 412. The highest BCUT2D eigenvalue weighted by Gasteiger charge is 2.19. The fourth-order valence-corrected chi connectivity index (χ4v) is 2.05. The van der Waals surface area contributed by atoms with Gasteiger partial charge in [-0.05, 0) is 24.6 Å². The van der Waals surface area contributed by atoms with Crippen LogP contribution in [0.5, 0.6) is 11.5 Å². The van der Waals surface area contributed by atoms with E-state index in [-0.39, 0.29) is 0 Å². The highest BCUT2D eigenvalue weighted by Crippen LogP contribution is 2.39. The molecule has 0 aromatic heterocycles. The molecular weight excluding hydrogens is 190 g/mol. The summed E-state index contributed by atoms with van der Waals surface area (Å²) in [6, 6.07) is 6.07. The monoisotopic (exact) mass is 203 g/mol. The van der Waals surface area contributed by atoms with Crippen LogP contribution in [0.25, 0.3) is 5.57 Å². The van der Waals surface area contributed by atoms with Crippen molar-refractivity contribution in [2.24, 2.45) is 0 Å². The molecule has 0 unspecified atom stereocenters. The first-order chi connectivity index (χ1) is 7.45. The second kappa shape index (κ2) is 3.59. The molecule has 15 heavy (non-hydrogen) atoms. The predicted molar refractivity (Wildman–Crippen MR) is 58.0 cm³/mol. The third-order valence-electron chi connectivity index (χ3n) is 2.81. The molecule has 0 bridgehead atoms. The molecule has 0 aliphatic carbocycles. The largest absolute Gasteiger partial charge is 0.454 e. The Labute approximate surface area is 88.7 Å². The van der Waals surface area contributed by atoms with E-state index in [4.69, 9.17) is 9.47 Å². The normalized spacial score (nSPS) is 18.8. The van der Waals surface area contributed by atoms with E-state index in [9.17, 15) is 0 Å². The number of benzene rings is 1. The van der Waals surface area contributed by atoms with E-state index >= 15 is 0 Å². The molecule has 0 amide bonds. The number of rotatable bonds is 1. The molecule has 0 atom stereocenters. The van der Waals surface area contributed by atoms with Crippen molar-refractivity contribution in [1.29, 1.82) is 0 Å². The first-order valence-corrected chi connectivity index (χ1v) is 5.24. The standard InChI is InChI=1S/C12H13NO2/c1-2-10(9-4-6-13-7-5-9)12-11(3-1)14-8-15-12/h1-4,13H,5-8H2. The topological polar surface area (TPSA) is 30.5 Å². The van der Waals surface area contributed by atoms with Crippen LogP contribution in [0.1, 0.15) is 12.0 Å². The van der Waals surface area contributed by atoms with E-state index in [1.807, 2.05) is 12.1 Å². The summed E-state index contributed by atoms with van der Waals surface area (Å²) >= 11 is 0. The number of hydrogen-bond acceptors (Lipinski definition) is 3. The molecule has 2 aliphatic rings. The summed E-state index contributed by atoms with van der Waals surface area (Å²) in [7, 11) is 0. The van der Waals surface area contributed by atoms with Gasteiger partial charge in [-0.15, -0.1) is 0 Å². The summed E-state index contributed by atoms with van der Waals surface area (Å²) in [6.07, 6.45) is 3.28. The van der Waals surface area contributed by atoms with Crippen molar-refractivity contribution in [3.8, 4) is 11.5 Å². The van der Waals surface area contributed by atoms with Crippen molar-refractivity contribution in [2.75, 3.05) is 19.9 Å². The second-order valence-electron chi connectivity index (χ2n) is 3.72. The molecule has 1 aromatic carbocycles. The Kier molecular flexibility index (Phi) is 2.10. The Balaban J connectivity index is 2.04. The van der Waals surface area contributed by atoms with E-state index in [1.54, 1.807) is 0 Å². The lowest BCUT2D eigenvalue weighted by Gasteiger charge is -2.15. The average molecular weight is 203 g/mol. The molecule has 1 aromatic rings. The van der Waals surface area contributed by atoms with E-state index in [2.05, 4.69) is 17.5 Å². The maximum atomic E-state index is 5.50. The number of ether oxygens (including phenoxy) is 2. The van der Waals surface area contributed by atoms with Gasteiger partial charge in [-0.1, -0.05) is 18.2 Å². The zero-order valence-corrected chi connectivity index (χ0v) is 8.45. The predicted octanol–water partition coefficient (Wildman–Crippen LogP) is 1.79. The lowest BCUT2D eigenvalue weighted by molar-refractivity contribution is 0.173. The summed E-state index contributed by atoms with van der Waals surface area (Å²) in [4.78, 5) is 0. The van der Waals surface area contributed by atoms with Crippen LogP contribution in [0.2, 0.25) is 0 Å². The van der Waals surface area contributed by atoms with Crippen molar-refractivity contribution in [2.45, 2.75) is 6.42 Å². The molecule has 0 spiro atoms. The lowest BCUT2D eigenvalue weighted by Crippen LogP contribution is -2.20. The number of hydrogen-bond donors (Lipinski definition) is 1. The fourth-order valence-electron chi connectivity index (χ4n) is 2.05. The van der Waals surface area contributed by atoms with Gasteiger partial charge >= 0.3 is 0 Å². The highest BCUT2D eigenvalue weighted by molar-refractivity contribution is 5.74. The van der Waals surface area contributed by atoms with Crippen LogP contribution in [0.4, 0.5) is 0 Å². The van der Waals surface area contributed by atoms with Gasteiger partial charge < -0.3 is 14.8 Å². The van der Waals surface area contributed by atoms with Crippen LogP contribution in [0, 0.1) is 0 Å². The Morgan fingerprint density at radius 2 is 2.20 bits per heavy atom. The lowest BCUT2D eigenvalue weighted by atomic mass is 9.99. The zero-order valence-electron chi connectivity index (χ0n) is 8.45. The van der Waals surface area contributed by atoms with E-state index in [1.165, 1.54) is 11.1 Å².